The highest BCUT2D eigenvalue weighted by atomic mass is 32.2. The lowest BCUT2D eigenvalue weighted by atomic mass is 9.93. The molecule has 2 rings (SSSR count). The van der Waals surface area contributed by atoms with Crippen LogP contribution in [0.4, 0.5) is 0 Å². The third-order valence-electron chi connectivity index (χ3n) is 3.43. The molecule has 1 aliphatic rings. The highest BCUT2D eigenvalue weighted by molar-refractivity contribution is 7.91. The lowest BCUT2D eigenvalue weighted by Gasteiger charge is -2.30. The Hall–Kier alpha value is -0.920. The quantitative estimate of drug-likeness (QED) is 0.903. The van der Waals surface area contributed by atoms with E-state index in [1.807, 2.05) is 0 Å². The first-order chi connectivity index (χ1) is 9.00. The van der Waals surface area contributed by atoms with Gasteiger partial charge in [-0.2, -0.15) is 4.31 Å². The third-order valence-corrected chi connectivity index (χ3v) is 6.70. The van der Waals surface area contributed by atoms with Gasteiger partial charge in [-0.3, -0.25) is 4.79 Å². The molecule has 2 heterocycles. The first-order valence-corrected chi connectivity index (χ1v) is 8.57. The molecule has 0 bridgehead atoms. The molecule has 1 saturated heterocycles. The monoisotopic (exact) mass is 303 g/mol. The first kappa shape index (κ1) is 14.5. The Bertz CT molecular complexity index is 516. The molecule has 1 fully saturated rings. The van der Waals surface area contributed by atoms with E-state index in [-0.39, 0.29) is 6.42 Å². The molecule has 0 amide bonds. The van der Waals surface area contributed by atoms with Crippen LogP contribution in [0.15, 0.2) is 21.7 Å². The molecule has 0 atom stereocenters. The Labute approximate surface area is 116 Å². The van der Waals surface area contributed by atoms with Gasteiger partial charge in [-0.15, -0.1) is 11.3 Å². The van der Waals surface area contributed by atoms with Crippen molar-refractivity contribution >= 4 is 27.3 Å². The Balaban J connectivity index is 1.91. The van der Waals surface area contributed by atoms with E-state index in [2.05, 4.69) is 0 Å². The average Bonchev–Trinajstić information content (AvgIpc) is 2.91. The van der Waals surface area contributed by atoms with Crippen LogP contribution < -0.4 is 0 Å². The second-order valence-electron chi connectivity index (χ2n) is 4.71. The Kier molecular flexibility index (Phi) is 4.59. The number of thiophene rings is 1. The number of carboxylic acid groups (broad SMARTS) is 1. The fourth-order valence-electron chi connectivity index (χ4n) is 2.30. The lowest BCUT2D eigenvalue weighted by Crippen LogP contribution is -2.38. The van der Waals surface area contributed by atoms with Gasteiger partial charge in [0.05, 0.1) is 0 Å². The smallest absolute Gasteiger partial charge is 0.303 e. The molecule has 1 aromatic rings. The molecule has 106 valence electrons. The summed E-state index contributed by atoms with van der Waals surface area (Å²) in [5.74, 6) is -0.459. The standard InChI is InChI=1S/C12H17NO4S2/c14-11(15)4-3-10-5-7-13(8-6-10)19(16,17)12-2-1-9-18-12/h1-2,9-10H,3-8H2,(H,14,15). The molecule has 0 radical (unpaired) electrons. The molecule has 7 heteroatoms. The van der Waals surface area contributed by atoms with E-state index in [0.29, 0.717) is 29.6 Å². The highest BCUT2D eigenvalue weighted by Gasteiger charge is 2.29. The molecule has 1 N–H and O–H groups in total. The van der Waals surface area contributed by atoms with Crippen molar-refractivity contribution in [1.82, 2.24) is 4.31 Å². The van der Waals surface area contributed by atoms with Gasteiger partial charge < -0.3 is 5.11 Å². The van der Waals surface area contributed by atoms with Gasteiger partial charge in [-0.1, -0.05) is 6.07 Å². The van der Waals surface area contributed by atoms with Crippen LogP contribution in [0.5, 0.6) is 0 Å². The van der Waals surface area contributed by atoms with Crippen LogP contribution in [0.2, 0.25) is 0 Å². The maximum absolute atomic E-state index is 12.3. The molecule has 1 aromatic heterocycles. The number of carboxylic acids is 1. The largest absolute Gasteiger partial charge is 0.481 e. The molecule has 0 spiro atoms. The van der Waals surface area contributed by atoms with Crippen molar-refractivity contribution in [2.75, 3.05) is 13.1 Å². The summed E-state index contributed by atoms with van der Waals surface area (Å²) < 4.78 is 26.4. The van der Waals surface area contributed by atoms with Crippen molar-refractivity contribution in [2.45, 2.75) is 29.9 Å². The van der Waals surface area contributed by atoms with Crippen molar-refractivity contribution in [1.29, 1.82) is 0 Å². The van der Waals surface area contributed by atoms with E-state index in [0.717, 1.165) is 12.8 Å². The second kappa shape index (κ2) is 6.02. The Morgan fingerprint density at radius 2 is 2.11 bits per heavy atom. The van der Waals surface area contributed by atoms with Gasteiger partial charge in [0.15, 0.2) is 0 Å². The van der Waals surface area contributed by atoms with Crippen molar-refractivity contribution < 1.29 is 18.3 Å². The number of rotatable bonds is 5. The zero-order valence-corrected chi connectivity index (χ0v) is 12.1. The summed E-state index contributed by atoms with van der Waals surface area (Å²) in [7, 11) is -3.34. The summed E-state index contributed by atoms with van der Waals surface area (Å²) in [5, 5.41) is 10.4. The maximum Gasteiger partial charge on any atom is 0.303 e. The topological polar surface area (TPSA) is 74.7 Å². The summed E-state index contributed by atoms with van der Waals surface area (Å²) in [5.41, 5.74) is 0. The molecular formula is C12H17NO4S2. The minimum absolute atomic E-state index is 0.169. The molecule has 0 saturated carbocycles. The lowest BCUT2D eigenvalue weighted by molar-refractivity contribution is -0.137. The predicted molar refractivity (Wildman–Crippen MR) is 72.7 cm³/mol. The van der Waals surface area contributed by atoms with E-state index < -0.39 is 16.0 Å². The van der Waals surface area contributed by atoms with Crippen molar-refractivity contribution in [3.8, 4) is 0 Å². The molecular weight excluding hydrogens is 286 g/mol. The number of piperidine rings is 1. The summed E-state index contributed by atoms with van der Waals surface area (Å²) in [4.78, 5) is 10.5. The average molecular weight is 303 g/mol. The maximum atomic E-state index is 12.3. The van der Waals surface area contributed by atoms with Gasteiger partial charge in [-0.05, 0) is 36.6 Å². The minimum atomic E-state index is -3.34. The van der Waals surface area contributed by atoms with E-state index in [9.17, 15) is 13.2 Å². The zero-order valence-electron chi connectivity index (χ0n) is 10.5. The molecule has 19 heavy (non-hydrogen) atoms. The minimum Gasteiger partial charge on any atom is -0.481 e. The molecule has 1 aliphatic heterocycles. The Morgan fingerprint density at radius 1 is 1.42 bits per heavy atom. The van der Waals surface area contributed by atoms with Crippen LogP contribution in [0, 0.1) is 5.92 Å². The van der Waals surface area contributed by atoms with Crippen LogP contribution >= 0.6 is 11.3 Å². The molecule has 0 unspecified atom stereocenters. The van der Waals surface area contributed by atoms with Crippen LogP contribution in [0.25, 0.3) is 0 Å². The van der Waals surface area contributed by atoms with E-state index in [1.54, 1.807) is 17.5 Å². The molecule has 0 aromatic carbocycles. The Morgan fingerprint density at radius 3 is 2.63 bits per heavy atom. The first-order valence-electron chi connectivity index (χ1n) is 6.25. The summed E-state index contributed by atoms with van der Waals surface area (Å²) >= 11 is 1.23. The van der Waals surface area contributed by atoms with Crippen molar-refractivity contribution in [2.24, 2.45) is 5.92 Å². The van der Waals surface area contributed by atoms with E-state index in [4.69, 9.17) is 5.11 Å². The number of sulfonamides is 1. The number of hydrogen-bond donors (Lipinski definition) is 1. The normalized spacial score (nSPS) is 18.5. The number of carbonyl (C=O) groups is 1. The van der Waals surface area contributed by atoms with Gasteiger partial charge in [0, 0.05) is 19.5 Å². The summed E-state index contributed by atoms with van der Waals surface area (Å²) in [6.45, 7) is 0.981. The number of nitrogens with zero attached hydrogens (tertiary/aromatic N) is 1. The summed E-state index contributed by atoms with van der Waals surface area (Å²) in [6.07, 6.45) is 2.31. The van der Waals surface area contributed by atoms with Gasteiger partial charge in [-0.25, -0.2) is 8.42 Å². The van der Waals surface area contributed by atoms with Crippen LogP contribution in [0.3, 0.4) is 0 Å². The molecule has 5 nitrogen and oxygen atoms in total. The van der Waals surface area contributed by atoms with E-state index >= 15 is 0 Å². The van der Waals surface area contributed by atoms with Gasteiger partial charge >= 0.3 is 5.97 Å². The number of hydrogen-bond acceptors (Lipinski definition) is 4. The van der Waals surface area contributed by atoms with Gasteiger partial charge in [0.25, 0.3) is 10.0 Å². The van der Waals surface area contributed by atoms with Gasteiger partial charge in [0.1, 0.15) is 4.21 Å². The zero-order chi connectivity index (χ0) is 13.9. The van der Waals surface area contributed by atoms with Crippen molar-refractivity contribution in [3.05, 3.63) is 17.5 Å². The SMILES string of the molecule is O=C(O)CCC1CCN(S(=O)(=O)c2cccs2)CC1. The predicted octanol–water partition coefficient (Wildman–Crippen LogP) is 2.01. The third kappa shape index (κ3) is 3.55. The highest BCUT2D eigenvalue weighted by Crippen LogP contribution is 2.28. The fraction of sp³-hybridized carbons (Fsp3) is 0.583. The number of aliphatic carboxylic acids is 1. The van der Waals surface area contributed by atoms with Crippen LogP contribution in [-0.2, 0) is 14.8 Å². The van der Waals surface area contributed by atoms with Crippen LogP contribution in [-0.4, -0.2) is 36.9 Å². The second-order valence-corrected chi connectivity index (χ2v) is 7.82. The molecule has 0 aliphatic carbocycles. The van der Waals surface area contributed by atoms with Crippen molar-refractivity contribution in [3.63, 3.8) is 0 Å². The van der Waals surface area contributed by atoms with E-state index in [1.165, 1.54) is 15.6 Å². The van der Waals surface area contributed by atoms with Gasteiger partial charge in [0.2, 0.25) is 0 Å². The summed E-state index contributed by atoms with van der Waals surface area (Å²) in [6, 6.07) is 3.35. The van der Waals surface area contributed by atoms with Crippen LogP contribution in [0.1, 0.15) is 25.7 Å². The fourth-order valence-corrected chi connectivity index (χ4v) is 4.92.